The summed E-state index contributed by atoms with van der Waals surface area (Å²) >= 11 is 0. The fourth-order valence-corrected chi connectivity index (χ4v) is 2.08. The maximum Gasteiger partial charge on any atom is 0.274 e. The van der Waals surface area contributed by atoms with E-state index >= 15 is 0 Å². The van der Waals surface area contributed by atoms with E-state index in [0.29, 0.717) is 17.0 Å². The molecule has 0 unspecified atom stereocenters. The van der Waals surface area contributed by atoms with Gasteiger partial charge in [-0.3, -0.25) is 14.5 Å². The van der Waals surface area contributed by atoms with E-state index in [1.54, 1.807) is 35.0 Å². The van der Waals surface area contributed by atoms with Crippen LogP contribution in [0.5, 0.6) is 0 Å². The summed E-state index contributed by atoms with van der Waals surface area (Å²) in [5, 5.41) is 22.1. The second-order valence-electron chi connectivity index (χ2n) is 4.46. The quantitative estimate of drug-likeness (QED) is 0.580. The first-order valence-electron chi connectivity index (χ1n) is 6.29. The van der Waals surface area contributed by atoms with Gasteiger partial charge in [-0.1, -0.05) is 18.2 Å². The van der Waals surface area contributed by atoms with Crippen LogP contribution in [0.1, 0.15) is 11.4 Å². The van der Waals surface area contributed by atoms with Gasteiger partial charge < -0.3 is 5.32 Å². The van der Waals surface area contributed by atoms with Crippen LogP contribution >= 0.6 is 0 Å². The molecule has 0 saturated carbocycles. The number of para-hydroxylation sites is 1. The van der Waals surface area contributed by atoms with Crippen LogP contribution in [0.4, 0.5) is 11.5 Å². The number of nitrogens with one attached hydrogen (secondary N) is 1. The number of nitrogens with zero attached hydrogens (tertiary/aromatic N) is 5. The van der Waals surface area contributed by atoms with E-state index in [9.17, 15) is 10.1 Å². The fourth-order valence-electron chi connectivity index (χ4n) is 2.08. The van der Waals surface area contributed by atoms with Gasteiger partial charge in [0, 0.05) is 30.6 Å². The molecule has 0 fully saturated rings. The zero-order valence-corrected chi connectivity index (χ0v) is 11.2. The van der Waals surface area contributed by atoms with Gasteiger partial charge in [0.25, 0.3) is 5.69 Å². The molecule has 0 bridgehead atoms. The lowest BCUT2D eigenvalue weighted by atomic mass is 10.2. The van der Waals surface area contributed by atoms with Crippen molar-refractivity contribution in [1.82, 2.24) is 19.6 Å². The zero-order valence-electron chi connectivity index (χ0n) is 11.2. The smallest absolute Gasteiger partial charge is 0.274 e. The third kappa shape index (κ3) is 2.38. The Hall–Kier alpha value is -3.03. The molecular formula is C13H12N6O2. The van der Waals surface area contributed by atoms with Crippen molar-refractivity contribution in [2.24, 2.45) is 0 Å². The zero-order chi connectivity index (χ0) is 14.8. The van der Waals surface area contributed by atoms with Crippen molar-refractivity contribution in [3.63, 3.8) is 0 Å². The Labute approximate surface area is 119 Å². The lowest BCUT2D eigenvalue weighted by Gasteiger charge is -2.07. The van der Waals surface area contributed by atoms with Crippen molar-refractivity contribution >= 4 is 17.2 Å². The van der Waals surface area contributed by atoms with Crippen LogP contribution in [0, 0.1) is 17.0 Å². The second kappa shape index (κ2) is 5.16. The third-order valence-electron chi connectivity index (χ3n) is 3.13. The SMILES string of the molecule is Cc1nnc2c(NCc3ccccc3[N+](=O)[O-])nccn12. The van der Waals surface area contributed by atoms with E-state index in [0.717, 1.165) is 5.82 Å². The molecule has 0 saturated heterocycles. The molecule has 1 aromatic carbocycles. The highest BCUT2D eigenvalue weighted by atomic mass is 16.6. The summed E-state index contributed by atoms with van der Waals surface area (Å²) in [4.78, 5) is 14.8. The van der Waals surface area contributed by atoms with Gasteiger partial charge >= 0.3 is 0 Å². The summed E-state index contributed by atoms with van der Waals surface area (Å²) in [5.74, 6) is 1.29. The van der Waals surface area contributed by atoms with Gasteiger partial charge in [-0.2, -0.15) is 0 Å². The number of rotatable bonds is 4. The molecule has 0 spiro atoms. The number of anilines is 1. The summed E-state index contributed by atoms with van der Waals surface area (Å²) in [6.07, 6.45) is 3.39. The van der Waals surface area contributed by atoms with Crippen molar-refractivity contribution in [3.8, 4) is 0 Å². The van der Waals surface area contributed by atoms with Gasteiger partial charge in [0.05, 0.1) is 4.92 Å². The molecule has 3 rings (SSSR count). The minimum atomic E-state index is -0.397. The van der Waals surface area contributed by atoms with Crippen LogP contribution < -0.4 is 5.32 Å². The van der Waals surface area contributed by atoms with Crippen molar-refractivity contribution in [3.05, 3.63) is 58.2 Å². The summed E-state index contributed by atoms with van der Waals surface area (Å²) in [6, 6.07) is 6.59. The fraction of sp³-hybridized carbons (Fsp3) is 0.154. The van der Waals surface area contributed by atoms with Gasteiger partial charge in [-0.15, -0.1) is 10.2 Å². The standard InChI is InChI=1S/C13H12N6O2/c1-9-16-17-13-12(14-6-7-18(9)13)15-8-10-4-2-3-5-11(10)19(20)21/h2-7H,8H2,1H3,(H,14,15). The third-order valence-corrected chi connectivity index (χ3v) is 3.13. The van der Waals surface area contributed by atoms with Gasteiger partial charge in [0.15, 0.2) is 5.82 Å². The Morgan fingerprint density at radius 1 is 1.33 bits per heavy atom. The van der Waals surface area contributed by atoms with Crippen LogP contribution in [0.25, 0.3) is 5.65 Å². The average Bonchev–Trinajstić information content (AvgIpc) is 2.87. The number of nitro groups is 1. The molecular weight excluding hydrogens is 272 g/mol. The molecule has 8 nitrogen and oxygen atoms in total. The van der Waals surface area contributed by atoms with Crippen molar-refractivity contribution in [2.75, 3.05) is 5.32 Å². The first-order valence-corrected chi connectivity index (χ1v) is 6.29. The van der Waals surface area contributed by atoms with E-state index < -0.39 is 4.92 Å². The molecule has 1 N–H and O–H groups in total. The molecule has 3 aromatic rings. The monoisotopic (exact) mass is 284 g/mol. The molecule has 0 radical (unpaired) electrons. The van der Waals surface area contributed by atoms with Gasteiger partial charge in [-0.25, -0.2) is 4.98 Å². The highest BCUT2D eigenvalue weighted by Crippen LogP contribution is 2.20. The minimum Gasteiger partial charge on any atom is -0.363 e. The van der Waals surface area contributed by atoms with Crippen LogP contribution in [-0.4, -0.2) is 24.5 Å². The highest BCUT2D eigenvalue weighted by molar-refractivity contribution is 5.62. The Morgan fingerprint density at radius 3 is 2.95 bits per heavy atom. The maximum absolute atomic E-state index is 11.0. The second-order valence-corrected chi connectivity index (χ2v) is 4.46. The Balaban J connectivity index is 1.89. The van der Waals surface area contributed by atoms with E-state index in [1.165, 1.54) is 6.07 Å². The number of fused-ring (bicyclic) bond motifs is 1. The Morgan fingerprint density at radius 2 is 2.14 bits per heavy atom. The van der Waals surface area contributed by atoms with Crippen LogP contribution in [0.15, 0.2) is 36.7 Å². The number of aromatic nitrogens is 4. The average molecular weight is 284 g/mol. The van der Waals surface area contributed by atoms with Crippen molar-refractivity contribution in [2.45, 2.75) is 13.5 Å². The molecule has 106 valence electrons. The van der Waals surface area contributed by atoms with Crippen LogP contribution in [0.3, 0.4) is 0 Å². The molecule has 0 amide bonds. The number of hydrogen-bond donors (Lipinski definition) is 1. The normalized spacial score (nSPS) is 10.7. The topological polar surface area (TPSA) is 98.2 Å². The molecule has 8 heteroatoms. The largest absolute Gasteiger partial charge is 0.363 e. The molecule has 0 aliphatic rings. The van der Waals surface area contributed by atoms with Gasteiger partial charge in [0.1, 0.15) is 5.82 Å². The molecule has 2 aromatic heterocycles. The van der Waals surface area contributed by atoms with Gasteiger partial charge in [0.2, 0.25) is 5.65 Å². The predicted octanol–water partition coefficient (Wildman–Crippen LogP) is 1.95. The predicted molar refractivity (Wildman–Crippen MR) is 75.9 cm³/mol. The summed E-state index contributed by atoms with van der Waals surface area (Å²) in [5.41, 5.74) is 1.26. The Kier molecular flexibility index (Phi) is 3.19. The lowest BCUT2D eigenvalue weighted by molar-refractivity contribution is -0.385. The summed E-state index contributed by atoms with van der Waals surface area (Å²) in [7, 11) is 0. The minimum absolute atomic E-state index is 0.0783. The number of aryl methyl sites for hydroxylation is 1. The van der Waals surface area contributed by atoms with E-state index in [-0.39, 0.29) is 12.2 Å². The Bertz CT molecular complexity index is 813. The van der Waals surface area contributed by atoms with Crippen molar-refractivity contribution in [1.29, 1.82) is 0 Å². The number of nitro benzene ring substituents is 1. The van der Waals surface area contributed by atoms with Crippen molar-refractivity contribution < 1.29 is 4.92 Å². The van der Waals surface area contributed by atoms with E-state index in [4.69, 9.17) is 0 Å². The first-order chi connectivity index (χ1) is 10.2. The summed E-state index contributed by atoms with van der Waals surface area (Å²) < 4.78 is 1.80. The van der Waals surface area contributed by atoms with E-state index in [1.807, 2.05) is 6.92 Å². The maximum atomic E-state index is 11.0. The lowest BCUT2D eigenvalue weighted by Crippen LogP contribution is -2.06. The number of hydrogen-bond acceptors (Lipinski definition) is 6. The molecule has 0 atom stereocenters. The molecule has 21 heavy (non-hydrogen) atoms. The molecule has 0 aliphatic heterocycles. The van der Waals surface area contributed by atoms with E-state index in [2.05, 4.69) is 20.5 Å². The number of benzene rings is 1. The summed E-state index contributed by atoms with van der Waals surface area (Å²) in [6.45, 7) is 2.13. The molecule has 0 aliphatic carbocycles. The van der Waals surface area contributed by atoms with Gasteiger partial charge in [-0.05, 0) is 6.92 Å². The molecule has 2 heterocycles. The van der Waals surface area contributed by atoms with Crippen LogP contribution in [-0.2, 0) is 6.54 Å². The first kappa shape index (κ1) is 13.0. The highest BCUT2D eigenvalue weighted by Gasteiger charge is 2.13. The van der Waals surface area contributed by atoms with Crippen LogP contribution in [0.2, 0.25) is 0 Å².